The van der Waals surface area contributed by atoms with E-state index in [0.717, 1.165) is 22.8 Å². The molecule has 27 heavy (non-hydrogen) atoms. The van der Waals surface area contributed by atoms with Gasteiger partial charge < -0.3 is 5.32 Å². The van der Waals surface area contributed by atoms with Gasteiger partial charge in [0.2, 0.25) is 0 Å². The minimum absolute atomic E-state index is 0.135. The van der Waals surface area contributed by atoms with Gasteiger partial charge >= 0.3 is 0 Å². The maximum atomic E-state index is 13.2. The van der Waals surface area contributed by atoms with E-state index in [-0.39, 0.29) is 11.9 Å². The average molecular weight is 358 g/mol. The van der Waals surface area contributed by atoms with E-state index in [0.29, 0.717) is 0 Å². The molecule has 2 aromatic carbocycles. The molecule has 1 unspecified atom stereocenters. The number of halogens is 1. The number of hydrogen-bond donors (Lipinski definition) is 1. The molecule has 1 N–H and O–H groups in total. The van der Waals surface area contributed by atoms with Crippen molar-refractivity contribution < 1.29 is 4.39 Å². The lowest BCUT2D eigenvalue weighted by Crippen LogP contribution is -2.08. The predicted octanol–water partition coefficient (Wildman–Crippen LogP) is 5.25. The third kappa shape index (κ3) is 3.72. The van der Waals surface area contributed by atoms with Gasteiger partial charge in [0.15, 0.2) is 0 Å². The van der Waals surface area contributed by atoms with E-state index in [2.05, 4.69) is 34.5 Å². The number of aromatic nitrogens is 3. The van der Waals surface area contributed by atoms with Gasteiger partial charge in [0.25, 0.3) is 0 Å². The summed E-state index contributed by atoms with van der Waals surface area (Å²) in [4.78, 5) is 4.44. The van der Waals surface area contributed by atoms with Crippen molar-refractivity contribution in [1.29, 1.82) is 0 Å². The van der Waals surface area contributed by atoms with Gasteiger partial charge in [0.1, 0.15) is 11.6 Å². The first-order chi connectivity index (χ1) is 13.2. The smallest absolute Gasteiger partial charge is 0.127 e. The van der Waals surface area contributed by atoms with Crippen LogP contribution in [0.2, 0.25) is 0 Å². The zero-order valence-corrected chi connectivity index (χ0v) is 14.9. The van der Waals surface area contributed by atoms with Crippen molar-refractivity contribution >= 4 is 5.82 Å². The summed E-state index contributed by atoms with van der Waals surface area (Å²) in [6.07, 6.45) is 3.51. The van der Waals surface area contributed by atoms with Crippen molar-refractivity contribution in [3.63, 3.8) is 0 Å². The number of rotatable bonds is 5. The fraction of sp³-hybridized carbons (Fsp3) is 0.0909. The van der Waals surface area contributed by atoms with Gasteiger partial charge in [0.05, 0.1) is 17.6 Å². The molecule has 1 atom stereocenters. The number of anilines is 1. The van der Waals surface area contributed by atoms with Crippen molar-refractivity contribution in [1.82, 2.24) is 14.8 Å². The van der Waals surface area contributed by atoms with Crippen LogP contribution in [0.3, 0.4) is 0 Å². The van der Waals surface area contributed by atoms with Crippen LogP contribution in [0.25, 0.3) is 16.9 Å². The molecule has 0 aliphatic heterocycles. The van der Waals surface area contributed by atoms with Crippen molar-refractivity contribution in [2.75, 3.05) is 5.32 Å². The van der Waals surface area contributed by atoms with E-state index in [9.17, 15) is 4.39 Å². The highest BCUT2D eigenvalue weighted by molar-refractivity contribution is 5.65. The monoisotopic (exact) mass is 358 g/mol. The normalized spacial score (nSPS) is 11.9. The Labute approximate surface area is 157 Å². The lowest BCUT2D eigenvalue weighted by atomic mass is 10.1. The van der Waals surface area contributed by atoms with E-state index >= 15 is 0 Å². The van der Waals surface area contributed by atoms with Gasteiger partial charge in [-0.1, -0.05) is 30.3 Å². The van der Waals surface area contributed by atoms with Gasteiger partial charge in [-0.2, -0.15) is 5.10 Å². The van der Waals surface area contributed by atoms with E-state index in [1.165, 1.54) is 17.7 Å². The number of nitrogens with zero attached hydrogens (tertiary/aromatic N) is 3. The molecule has 0 saturated carbocycles. The summed E-state index contributed by atoms with van der Waals surface area (Å²) in [6.45, 7) is 2.10. The lowest BCUT2D eigenvalue weighted by molar-refractivity contribution is 0.627. The first kappa shape index (κ1) is 17.0. The molecule has 2 aromatic heterocycles. The van der Waals surface area contributed by atoms with Crippen LogP contribution in [-0.4, -0.2) is 14.8 Å². The summed E-state index contributed by atoms with van der Waals surface area (Å²) in [7, 11) is 0. The van der Waals surface area contributed by atoms with Gasteiger partial charge in [-0.25, -0.2) is 14.1 Å². The number of benzene rings is 2. The minimum atomic E-state index is -0.266. The minimum Gasteiger partial charge on any atom is -0.364 e. The standard InChI is InChI=1S/C22H19FN4/c1-16(17-5-3-2-4-6-17)26-22-15-18(11-13-24-22)21-12-14-25-27(21)20-9-7-19(23)8-10-20/h2-16H,1H3,(H,24,26). The summed E-state index contributed by atoms with van der Waals surface area (Å²) < 4.78 is 15.0. The molecule has 0 amide bonds. The Kier molecular flexibility index (Phi) is 4.66. The Morgan fingerprint density at radius 1 is 0.926 bits per heavy atom. The van der Waals surface area contributed by atoms with Gasteiger partial charge in [0, 0.05) is 17.8 Å². The van der Waals surface area contributed by atoms with Crippen LogP contribution in [0, 0.1) is 5.82 Å². The Morgan fingerprint density at radius 3 is 2.48 bits per heavy atom. The second-order valence-corrected chi connectivity index (χ2v) is 6.31. The molecule has 0 radical (unpaired) electrons. The molecular formula is C22H19FN4. The zero-order chi connectivity index (χ0) is 18.6. The van der Waals surface area contributed by atoms with Gasteiger partial charge in [-0.15, -0.1) is 0 Å². The van der Waals surface area contributed by atoms with Crippen LogP contribution in [0.15, 0.2) is 85.2 Å². The molecule has 2 heterocycles. The topological polar surface area (TPSA) is 42.7 Å². The third-order valence-electron chi connectivity index (χ3n) is 4.43. The van der Waals surface area contributed by atoms with Crippen LogP contribution in [0.4, 0.5) is 10.2 Å². The Bertz CT molecular complexity index is 1030. The Balaban J connectivity index is 1.62. The number of nitrogens with one attached hydrogen (secondary N) is 1. The number of pyridine rings is 1. The van der Waals surface area contributed by atoms with Crippen LogP contribution in [0.5, 0.6) is 0 Å². The Morgan fingerprint density at radius 2 is 1.70 bits per heavy atom. The second kappa shape index (κ2) is 7.41. The van der Waals surface area contributed by atoms with E-state index < -0.39 is 0 Å². The van der Waals surface area contributed by atoms with E-state index in [1.54, 1.807) is 29.2 Å². The Hall–Kier alpha value is -3.47. The van der Waals surface area contributed by atoms with Crippen molar-refractivity contribution in [3.8, 4) is 16.9 Å². The summed E-state index contributed by atoms with van der Waals surface area (Å²) in [5.41, 5.74) is 3.90. The van der Waals surface area contributed by atoms with E-state index in [1.807, 2.05) is 36.4 Å². The first-order valence-corrected chi connectivity index (χ1v) is 8.78. The highest BCUT2D eigenvalue weighted by Crippen LogP contribution is 2.25. The zero-order valence-electron chi connectivity index (χ0n) is 14.9. The maximum absolute atomic E-state index is 13.2. The van der Waals surface area contributed by atoms with Crippen LogP contribution < -0.4 is 5.32 Å². The highest BCUT2D eigenvalue weighted by Gasteiger charge is 2.10. The van der Waals surface area contributed by atoms with E-state index in [4.69, 9.17) is 0 Å². The lowest BCUT2D eigenvalue weighted by Gasteiger charge is -2.15. The van der Waals surface area contributed by atoms with Crippen molar-refractivity contribution in [3.05, 3.63) is 96.6 Å². The molecule has 0 aliphatic rings. The summed E-state index contributed by atoms with van der Waals surface area (Å²) in [6, 6.07) is 22.5. The molecule has 0 bridgehead atoms. The molecule has 4 rings (SSSR count). The summed E-state index contributed by atoms with van der Waals surface area (Å²) in [5, 5.41) is 7.82. The molecule has 134 valence electrons. The molecule has 4 aromatic rings. The summed E-state index contributed by atoms with van der Waals surface area (Å²) >= 11 is 0. The third-order valence-corrected chi connectivity index (χ3v) is 4.43. The predicted molar refractivity (Wildman–Crippen MR) is 105 cm³/mol. The highest BCUT2D eigenvalue weighted by atomic mass is 19.1. The number of hydrogen-bond acceptors (Lipinski definition) is 3. The van der Waals surface area contributed by atoms with Crippen LogP contribution >= 0.6 is 0 Å². The van der Waals surface area contributed by atoms with Crippen molar-refractivity contribution in [2.24, 2.45) is 0 Å². The summed E-state index contributed by atoms with van der Waals surface area (Å²) in [5.74, 6) is 0.522. The SMILES string of the molecule is CC(Nc1cc(-c2ccnn2-c2ccc(F)cc2)ccn1)c1ccccc1. The van der Waals surface area contributed by atoms with Gasteiger partial charge in [-0.05, 0) is 55.0 Å². The first-order valence-electron chi connectivity index (χ1n) is 8.78. The quantitative estimate of drug-likeness (QED) is 0.530. The van der Waals surface area contributed by atoms with Gasteiger partial charge in [-0.3, -0.25) is 0 Å². The molecule has 0 saturated heterocycles. The largest absolute Gasteiger partial charge is 0.364 e. The molecule has 0 fully saturated rings. The van der Waals surface area contributed by atoms with Crippen LogP contribution in [-0.2, 0) is 0 Å². The molecular weight excluding hydrogens is 339 g/mol. The molecule has 5 heteroatoms. The fourth-order valence-corrected chi connectivity index (χ4v) is 3.03. The molecule has 0 aliphatic carbocycles. The van der Waals surface area contributed by atoms with Crippen molar-refractivity contribution in [2.45, 2.75) is 13.0 Å². The second-order valence-electron chi connectivity index (χ2n) is 6.31. The van der Waals surface area contributed by atoms with Crippen LogP contribution in [0.1, 0.15) is 18.5 Å². The average Bonchev–Trinajstić information content (AvgIpc) is 3.19. The molecule has 4 nitrogen and oxygen atoms in total. The fourth-order valence-electron chi connectivity index (χ4n) is 3.03. The maximum Gasteiger partial charge on any atom is 0.127 e. The molecule has 0 spiro atoms.